The minimum absolute atomic E-state index is 0.109. The van der Waals surface area contributed by atoms with E-state index in [0.29, 0.717) is 0 Å². The van der Waals surface area contributed by atoms with Gasteiger partial charge >= 0.3 is 0 Å². The number of nitrogens with zero attached hydrogens (tertiary/aromatic N) is 1. The Morgan fingerprint density at radius 3 is 2.25 bits per heavy atom. The molecule has 0 aliphatic rings. The Morgan fingerprint density at radius 2 is 1.85 bits per heavy atom. The van der Waals surface area contributed by atoms with Crippen LogP contribution < -0.4 is 11.3 Å². The molecule has 0 saturated carbocycles. The number of halogens is 1. The van der Waals surface area contributed by atoms with Gasteiger partial charge in [0.05, 0.1) is 6.04 Å². The molecule has 0 aliphatic heterocycles. The van der Waals surface area contributed by atoms with Crippen LogP contribution in [0.15, 0.2) is 18.2 Å². The van der Waals surface area contributed by atoms with Crippen LogP contribution in [0.3, 0.4) is 0 Å². The first-order valence-corrected chi connectivity index (χ1v) is 7.41. The molecule has 0 bridgehead atoms. The summed E-state index contributed by atoms with van der Waals surface area (Å²) in [6, 6.07) is 5.01. The maximum Gasteiger partial charge on any atom is 0.123 e. The normalized spacial score (nSPS) is 16.2. The van der Waals surface area contributed by atoms with Gasteiger partial charge in [-0.25, -0.2) is 4.39 Å². The van der Waals surface area contributed by atoms with E-state index in [1.54, 1.807) is 6.07 Å². The number of hydrogen-bond donors (Lipinski definition) is 2. The molecule has 20 heavy (non-hydrogen) atoms. The number of nitrogens with two attached hydrogens (primary N) is 1. The smallest absolute Gasteiger partial charge is 0.123 e. The highest BCUT2D eigenvalue weighted by Crippen LogP contribution is 2.34. The first-order chi connectivity index (χ1) is 9.42. The fourth-order valence-corrected chi connectivity index (χ4v) is 3.12. The van der Waals surface area contributed by atoms with E-state index in [4.69, 9.17) is 5.84 Å². The second-order valence-corrected chi connectivity index (χ2v) is 5.54. The van der Waals surface area contributed by atoms with Crippen molar-refractivity contribution in [3.05, 3.63) is 35.1 Å². The third-order valence-corrected chi connectivity index (χ3v) is 4.39. The van der Waals surface area contributed by atoms with Gasteiger partial charge in [0.2, 0.25) is 0 Å². The minimum Gasteiger partial charge on any atom is -0.297 e. The van der Waals surface area contributed by atoms with Crippen molar-refractivity contribution in [2.45, 2.75) is 52.6 Å². The Labute approximate surface area is 122 Å². The van der Waals surface area contributed by atoms with E-state index < -0.39 is 0 Å². The van der Waals surface area contributed by atoms with Crippen LogP contribution in [0.1, 0.15) is 51.3 Å². The Balaban J connectivity index is 3.27. The fourth-order valence-electron chi connectivity index (χ4n) is 3.12. The molecule has 1 rings (SSSR count). The van der Waals surface area contributed by atoms with Crippen LogP contribution in [-0.4, -0.2) is 23.5 Å². The summed E-state index contributed by atoms with van der Waals surface area (Å²) in [6.45, 7) is 12.4. The molecule has 0 radical (unpaired) electrons. The minimum atomic E-state index is -0.210. The van der Waals surface area contributed by atoms with Crippen molar-refractivity contribution in [1.29, 1.82) is 0 Å². The molecule has 1 aromatic rings. The van der Waals surface area contributed by atoms with Crippen LogP contribution in [0.4, 0.5) is 4.39 Å². The summed E-state index contributed by atoms with van der Waals surface area (Å²) in [5.41, 5.74) is 4.57. The van der Waals surface area contributed by atoms with Crippen LogP contribution in [-0.2, 0) is 0 Å². The van der Waals surface area contributed by atoms with Crippen molar-refractivity contribution in [1.82, 2.24) is 10.3 Å². The van der Waals surface area contributed by atoms with Crippen LogP contribution in [0.2, 0.25) is 0 Å². The number of rotatable bonds is 7. The third-order valence-electron chi connectivity index (χ3n) is 4.39. The van der Waals surface area contributed by atoms with Crippen LogP contribution in [0.5, 0.6) is 0 Å². The lowest BCUT2D eigenvalue weighted by Gasteiger charge is -2.45. The molecule has 0 saturated heterocycles. The standard InChI is InChI=1S/C16H28FN3/c1-6-16(5,20(7-2)8-3)15(19-18)13-9-12(4)10-14(17)11-13/h9-11,15,19H,6-8,18H2,1-5H3. The Bertz CT molecular complexity index is 411. The topological polar surface area (TPSA) is 41.3 Å². The van der Waals surface area contributed by atoms with E-state index in [0.717, 1.165) is 30.6 Å². The number of aryl methyl sites for hydroxylation is 1. The first kappa shape index (κ1) is 17.1. The van der Waals surface area contributed by atoms with E-state index in [2.05, 4.69) is 38.0 Å². The molecule has 3 nitrogen and oxygen atoms in total. The van der Waals surface area contributed by atoms with Gasteiger partial charge in [-0.15, -0.1) is 0 Å². The molecule has 2 atom stereocenters. The molecule has 0 fully saturated rings. The summed E-state index contributed by atoms with van der Waals surface area (Å²) in [5.74, 6) is 5.60. The molecule has 0 amide bonds. The van der Waals surface area contributed by atoms with E-state index >= 15 is 0 Å². The lowest BCUT2D eigenvalue weighted by molar-refractivity contribution is 0.0697. The van der Waals surface area contributed by atoms with Crippen molar-refractivity contribution >= 4 is 0 Å². The van der Waals surface area contributed by atoms with Crippen molar-refractivity contribution in [3.63, 3.8) is 0 Å². The summed E-state index contributed by atoms with van der Waals surface area (Å²) in [4.78, 5) is 2.37. The monoisotopic (exact) mass is 281 g/mol. The Hall–Kier alpha value is -0.970. The number of likely N-dealkylation sites (N-methyl/N-ethyl adjacent to an activating group) is 1. The molecule has 0 aliphatic carbocycles. The first-order valence-electron chi connectivity index (χ1n) is 7.41. The lowest BCUT2D eigenvalue weighted by atomic mass is 9.82. The number of hydrogen-bond acceptors (Lipinski definition) is 3. The fraction of sp³-hybridized carbons (Fsp3) is 0.625. The van der Waals surface area contributed by atoms with Gasteiger partial charge in [0.15, 0.2) is 0 Å². The van der Waals surface area contributed by atoms with Gasteiger partial charge in [-0.1, -0.05) is 26.8 Å². The summed E-state index contributed by atoms with van der Waals surface area (Å²) in [5, 5.41) is 0. The van der Waals surface area contributed by atoms with Gasteiger partial charge in [0.1, 0.15) is 5.82 Å². The van der Waals surface area contributed by atoms with Crippen molar-refractivity contribution in [3.8, 4) is 0 Å². The summed E-state index contributed by atoms with van der Waals surface area (Å²) >= 11 is 0. The molecule has 114 valence electrons. The van der Waals surface area contributed by atoms with Gasteiger partial charge in [0.25, 0.3) is 0 Å². The van der Waals surface area contributed by atoms with Gasteiger partial charge in [-0.3, -0.25) is 16.2 Å². The highest BCUT2D eigenvalue weighted by Gasteiger charge is 2.37. The van der Waals surface area contributed by atoms with E-state index in [1.807, 2.05) is 13.0 Å². The van der Waals surface area contributed by atoms with Gasteiger partial charge < -0.3 is 0 Å². The van der Waals surface area contributed by atoms with Crippen molar-refractivity contribution in [2.75, 3.05) is 13.1 Å². The average molecular weight is 281 g/mol. The molecule has 3 N–H and O–H groups in total. The second-order valence-electron chi connectivity index (χ2n) is 5.54. The summed E-state index contributed by atoms with van der Waals surface area (Å²) < 4.78 is 13.7. The maximum atomic E-state index is 13.7. The van der Waals surface area contributed by atoms with Gasteiger partial charge in [-0.2, -0.15) is 0 Å². The quantitative estimate of drug-likeness (QED) is 0.596. The lowest BCUT2D eigenvalue weighted by Crippen LogP contribution is -2.55. The van der Waals surface area contributed by atoms with Crippen molar-refractivity contribution in [2.24, 2.45) is 5.84 Å². The largest absolute Gasteiger partial charge is 0.297 e. The third kappa shape index (κ3) is 3.37. The predicted octanol–water partition coefficient (Wildman–Crippen LogP) is 3.15. The SMILES string of the molecule is CCN(CC)C(C)(CC)C(NN)c1cc(C)cc(F)c1. The zero-order valence-electron chi connectivity index (χ0n) is 13.3. The average Bonchev–Trinajstić information content (AvgIpc) is 2.39. The maximum absolute atomic E-state index is 13.7. The summed E-state index contributed by atoms with van der Waals surface area (Å²) in [7, 11) is 0. The van der Waals surface area contributed by atoms with E-state index in [1.165, 1.54) is 6.07 Å². The van der Waals surface area contributed by atoms with Crippen molar-refractivity contribution < 1.29 is 4.39 Å². The summed E-state index contributed by atoms with van der Waals surface area (Å²) in [6.07, 6.45) is 0.930. The van der Waals surface area contributed by atoms with Crippen LogP contribution in [0.25, 0.3) is 0 Å². The molecule has 2 unspecified atom stereocenters. The number of hydrazine groups is 1. The molecule has 0 spiro atoms. The Kier molecular flexibility index (Phi) is 6.11. The highest BCUT2D eigenvalue weighted by molar-refractivity contribution is 5.28. The molecular weight excluding hydrogens is 253 g/mol. The zero-order chi connectivity index (χ0) is 15.3. The highest BCUT2D eigenvalue weighted by atomic mass is 19.1. The zero-order valence-corrected chi connectivity index (χ0v) is 13.3. The van der Waals surface area contributed by atoms with Gasteiger partial charge in [-0.05, 0) is 56.6 Å². The molecule has 4 heteroatoms. The number of nitrogens with one attached hydrogen (secondary N) is 1. The molecule has 1 aromatic carbocycles. The Morgan fingerprint density at radius 1 is 1.25 bits per heavy atom. The second kappa shape index (κ2) is 7.16. The molecule has 0 heterocycles. The van der Waals surface area contributed by atoms with Gasteiger partial charge in [0, 0.05) is 5.54 Å². The molecular formula is C16H28FN3. The number of benzene rings is 1. The van der Waals surface area contributed by atoms with Crippen LogP contribution in [0, 0.1) is 12.7 Å². The van der Waals surface area contributed by atoms with Crippen LogP contribution >= 0.6 is 0 Å². The molecule has 0 aromatic heterocycles. The van der Waals surface area contributed by atoms with E-state index in [-0.39, 0.29) is 17.4 Å². The van der Waals surface area contributed by atoms with E-state index in [9.17, 15) is 4.39 Å². The predicted molar refractivity (Wildman–Crippen MR) is 82.8 cm³/mol.